The maximum absolute atomic E-state index is 6.09. The first-order valence-corrected chi connectivity index (χ1v) is 7.92. The maximum atomic E-state index is 6.09. The third-order valence-corrected chi connectivity index (χ3v) is 4.58. The van der Waals surface area contributed by atoms with E-state index >= 15 is 0 Å². The number of rotatable bonds is 5. The first-order chi connectivity index (χ1) is 9.99. The van der Waals surface area contributed by atoms with E-state index in [2.05, 4.69) is 37.4 Å². The minimum absolute atomic E-state index is 0.378. The van der Waals surface area contributed by atoms with Crippen molar-refractivity contribution in [3.8, 4) is 0 Å². The lowest BCUT2D eigenvalue weighted by atomic mass is 9.95. The van der Waals surface area contributed by atoms with Crippen LogP contribution in [0.15, 0.2) is 36.4 Å². The average Bonchev–Trinajstić information content (AvgIpc) is 2.46. The molecule has 0 heterocycles. The van der Waals surface area contributed by atoms with Crippen molar-refractivity contribution in [3.63, 3.8) is 0 Å². The van der Waals surface area contributed by atoms with Crippen molar-refractivity contribution in [2.75, 3.05) is 7.05 Å². The Balaban J connectivity index is 2.12. The number of nitrogens with one attached hydrogen (secondary N) is 1. The molecular formula is C18H21Cl2N. The van der Waals surface area contributed by atoms with Gasteiger partial charge in [-0.05, 0) is 62.6 Å². The van der Waals surface area contributed by atoms with Gasteiger partial charge in [0.25, 0.3) is 0 Å². The van der Waals surface area contributed by atoms with Crippen LogP contribution in [-0.4, -0.2) is 13.1 Å². The number of benzene rings is 2. The van der Waals surface area contributed by atoms with Gasteiger partial charge < -0.3 is 5.32 Å². The summed E-state index contributed by atoms with van der Waals surface area (Å²) in [6.07, 6.45) is 1.94. The van der Waals surface area contributed by atoms with Gasteiger partial charge >= 0.3 is 0 Å². The Morgan fingerprint density at radius 1 is 0.952 bits per heavy atom. The van der Waals surface area contributed by atoms with Crippen molar-refractivity contribution in [2.24, 2.45) is 0 Å². The second-order valence-electron chi connectivity index (χ2n) is 5.57. The Bertz CT molecular complexity index is 623. The Morgan fingerprint density at radius 2 is 1.71 bits per heavy atom. The van der Waals surface area contributed by atoms with Gasteiger partial charge in [0, 0.05) is 6.04 Å². The van der Waals surface area contributed by atoms with E-state index in [-0.39, 0.29) is 0 Å². The summed E-state index contributed by atoms with van der Waals surface area (Å²) in [5, 5.41) is 4.63. The first kappa shape index (κ1) is 16.4. The van der Waals surface area contributed by atoms with Crippen molar-refractivity contribution in [2.45, 2.75) is 32.7 Å². The van der Waals surface area contributed by atoms with E-state index in [1.807, 2.05) is 25.2 Å². The lowest BCUT2D eigenvalue weighted by Gasteiger charge is -2.18. The molecule has 0 bridgehead atoms. The summed E-state index contributed by atoms with van der Waals surface area (Å²) >= 11 is 12.1. The molecule has 0 aliphatic carbocycles. The predicted octanol–water partition coefficient (Wildman–Crippen LogP) is 4.98. The fourth-order valence-corrected chi connectivity index (χ4v) is 2.83. The molecule has 1 atom stereocenters. The van der Waals surface area contributed by atoms with Gasteiger partial charge in [-0.1, -0.05) is 53.0 Å². The normalized spacial score (nSPS) is 12.4. The van der Waals surface area contributed by atoms with Gasteiger partial charge in [0.1, 0.15) is 0 Å². The molecular weight excluding hydrogens is 301 g/mol. The maximum Gasteiger partial charge on any atom is 0.0595 e. The topological polar surface area (TPSA) is 12.0 Å². The fourth-order valence-electron chi connectivity index (χ4n) is 2.51. The average molecular weight is 322 g/mol. The first-order valence-electron chi connectivity index (χ1n) is 7.17. The summed E-state index contributed by atoms with van der Waals surface area (Å²) in [5.41, 5.74) is 5.25. The molecule has 2 aromatic carbocycles. The van der Waals surface area contributed by atoms with Gasteiger partial charge in [-0.3, -0.25) is 0 Å². The zero-order valence-corrected chi connectivity index (χ0v) is 14.2. The lowest BCUT2D eigenvalue weighted by molar-refractivity contribution is 0.555. The molecule has 0 aromatic heterocycles. The van der Waals surface area contributed by atoms with Crippen molar-refractivity contribution in [1.82, 2.24) is 5.32 Å². The number of halogens is 2. The van der Waals surface area contributed by atoms with Crippen molar-refractivity contribution in [3.05, 3.63) is 68.7 Å². The molecule has 21 heavy (non-hydrogen) atoms. The molecule has 2 rings (SSSR count). The molecule has 0 fully saturated rings. The van der Waals surface area contributed by atoms with Crippen molar-refractivity contribution in [1.29, 1.82) is 0 Å². The van der Waals surface area contributed by atoms with Crippen LogP contribution in [0.4, 0.5) is 0 Å². The Hall–Kier alpha value is -1.02. The van der Waals surface area contributed by atoms with E-state index in [4.69, 9.17) is 23.2 Å². The second-order valence-corrected chi connectivity index (χ2v) is 6.39. The molecule has 0 amide bonds. The Kier molecular flexibility index (Phi) is 5.69. The van der Waals surface area contributed by atoms with E-state index in [9.17, 15) is 0 Å². The summed E-state index contributed by atoms with van der Waals surface area (Å²) in [7, 11) is 2.01. The molecule has 1 unspecified atom stereocenters. The van der Waals surface area contributed by atoms with Gasteiger partial charge in [0.2, 0.25) is 0 Å². The summed E-state index contributed by atoms with van der Waals surface area (Å²) in [6, 6.07) is 12.9. The molecule has 0 radical (unpaired) electrons. The monoisotopic (exact) mass is 321 g/mol. The quantitative estimate of drug-likeness (QED) is 0.818. The van der Waals surface area contributed by atoms with Crippen LogP contribution in [0.5, 0.6) is 0 Å². The van der Waals surface area contributed by atoms with E-state index in [0.717, 1.165) is 12.8 Å². The molecule has 0 saturated heterocycles. The molecule has 0 aliphatic rings. The zero-order chi connectivity index (χ0) is 15.4. The van der Waals surface area contributed by atoms with Crippen LogP contribution in [0.25, 0.3) is 0 Å². The summed E-state index contributed by atoms with van der Waals surface area (Å²) in [4.78, 5) is 0. The van der Waals surface area contributed by atoms with Crippen LogP contribution < -0.4 is 5.32 Å². The van der Waals surface area contributed by atoms with Crippen LogP contribution in [0.2, 0.25) is 10.0 Å². The molecule has 2 aromatic rings. The van der Waals surface area contributed by atoms with Gasteiger partial charge in [-0.15, -0.1) is 0 Å². The number of likely N-dealkylation sites (N-methyl/N-ethyl adjacent to an activating group) is 1. The highest BCUT2D eigenvalue weighted by atomic mass is 35.5. The van der Waals surface area contributed by atoms with Crippen molar-refractivity contribution >= 4 is 23.2 Å². The van der Waals surface area contributed by atoms with Gasteiger partial charge in [-0.2, -0.15) is 0 Å². The molecule has 112 valence electrons. The van der Waals surface area contributed by atoms with Crippen molar-refractivity contribution < 1.29 is 0 Å². The minimum atomic E-state index is 0.378. The van der Waals surface area contributed by atoms with Crippen LogP contribution in [0, 0.1) is 13.8 Å². The Labute approximate surface area is 137 Å². The van der Waals surface area contributed by atoms with Crippen LogP contribution in [-0.2, 0) is 12.8 Å². The minimum Gasteiger partial charge on any atom is -0.316 e. The summed E-state index contributed by atoms with van der Waals surface area (Å²) in [5.74, 6) is 0. The molecule has 0 spiro atoms. The van der Waals surface area contributed by atoms with E-state index in [0.29, 0.717) is 16.1 Å². The number of aryl methyl sites for hydroxylation is 2. The summed E-state index contributed by atoms with van der Waals surface area (Å²) < 4.78 is 0. The Morgan fingerprint density at radius 3 is 2.38 bits per heavy atom. The number of hydrogen-bond acceptors (Lipinski definition) is 1. The van der Waals surface area contributed by atoms with Gasteiger partial charge in [0.05, 0.1) is 10.0 Å². The molecule has 1 nitrogen and oxygen atoms in total. The molecule has 3 heteroatoms. The van der Waals surface area contributed by atoms with E-state index in [1.54, 1.807) is 0 Å². The third-order valence-electron chi connectivity index (χ3n) is 3.85. The largest absolute Gasteiger partial charge is 0.316 e. The highest BCUT2D eigenvalue weighted by Gasteiger charge is 2.11. The zero-order valence-electron chi connectivity index (χ0n) is 12.7. The molecule has 1 N–H and O–H groups in total. The SMILES string of the molecule is CNC(Cc1ccc(Cl)c(Cl)c1)Cc1cc(C)ccc1C. The molecule has 0 saturated carbocycles. The predicted molar refractivity (Wildman–Crippen MR) is 92.6 cm³/mol. The number of hydrogen-bond donors (Lipinski definition) is 1. The third kappa shape index (κ3) is 4.47. The van der Waals surface area contributed by atoms with Crippen LogP contribution in [0.3, 0.4) is 0 Å². The summed E-state index contributed by atoms with van der Waals surface area (Å²) in [6.45, 7) is 4.30. The highest BCUT2D eigenvalue weighted by Crippen LogP contribution is 2.23. The van der Waals surface area contributed by atoms with E-state index in [1.165, 1.54) is 22.3 Å². The highest BCUT2D eigenvalue weighted by molar-refractivity contribution is 6.42. The lowest BCUT2D eigenvalue weighted by Crippen LogP contribution is -2.30. The van der Waals surface area contributed by atoms with E-state index < -0.39 is 0 Å². The smallest absolute Gasteiger partial charge is 0.0595 e. The van der Waals surface area contributed by atoms with Crippen LogP contribution >= 0.6 is 23.2 Å². The standard InChI is InChI=1S/C18H21Cl2N/c1-12-4-5-13(2)15(8-12)11-16(21-3)9-14-6-7-17(19)18(20)10-14/h4-8,10,16,21H,9,11H2,1-3H3. The van der Waals surface area contributed by atoms with Crippen LogP contribution in [0.1, 0.15) is 22.3 Å². The van der Waals surface area contributed by atoms with Gasteiger partial charge in [0.15, 0.2) is 0 Å². The molecule has 0 aliphatic heterocycles. The van der Waals surface area contributed by atoms with Gasteiger partial charge in [-0.25, -0.2) is 0 Å². The second kappa shape index (κ2) is 7.31. The fraction of sp³-hybridized carbons (Fsp3) is 0.333.